The number of carbonyl (C=O) groups excluding carboxylic acids is 1. The highest BCUT2D eigenvalue weighted by Gasteiger charge is 2.39. The van der Waals surface area contributed by atoms with Crippen LogP contribution in [0.4, 0.5) is 9.18 Å². The number of carbonyl (C=O) groups is 1. The number of ether oxygens (including phenoxy) is 2. The summed E-state index contributed by atoms with van der Waals surface area (Å²) in [4.78, 5) is 22.0. The SMILES string of the molecule is CC(C)(C)OC(=O)N1CCC[C@@](F)(COc2nc(Cl)cc3ncccc23)C1. The quantitative estimate of drug-likeness (QED) is 0.720. The van der Waals surface area contributed by atoms with Crippen molar-refractivity contribution in [3.8, 4) is 5.88 Å². The molecule has 0 aliphatic carbocycles. The fraction of sp³-hybridized carbons (Fsp3) is 0.526. The summed E-state index contributed by atoms with van der Waals surface area (Å²) in [5.41, 5.74) is -1.69. The normalized spacial score (nSPS) is 20.6. The van der Waals surface area contributed by atoms with Crippen LogP contribution in [0, 0.1) is 0 Å². The van der Waals surface area contributed by atoms with Crippen LogP contribution in [0.5, 0.6) is 5.88 Å². The molecule has 0 unspecified atom stereocenters. The van der Waals surface area contributed by atoms with Crippen LogP contribution < -0.4 is 4.74 Å². The Hall–Kier alpha value is -2.15. The fourth-order valence-corrected chi connectivity index (χ4v) is 3.19. The van der Waals surface area contributed by atoms with Gasteiger partial charge < -0.3 is 14.4 Å². The second-order valence-corrected chi connectivity index (χ2v) is 8.15. The highest BCUT2D eigenvalue weighted by Crippen LogP contribution is 2.30. The monoisotopic (exact) mass is 395 g/mol. The van der Waals surface area contributed by atoms with Gasteiger partial charge in [0, 0.05) is 18.8 Å². The average molecular weight is 396 g/mol. The highest BCUT2D eigenvalue weighted by molar-refractivity contribution is 6.30. The Balaban J connectivity index is 1.71. The molecule has 2 aromatic heterocycles. The van der Waals surface area contributed by atoms with Gasteiger partial charge in [-0.1, -0.05) is 11.6 Å². The van der Waals surface area contributed by atoms with E-state index >= 15 is 4.39 Å². The maximum atomic E-state index is 15.4. The van der Waals surface area contributed by atoms with Crippen LogP contribution in [-0.2, 0) is 4.74 Å². The number of likely N-dealkylation sites (tertiary alicyclic amines) is 1. The van der Waals surface area contributed by atoms with Gasteiger partial charge in [-0.05, 0) is 45.7 Å². The van der Waals surface area contributed by atoms with E-state index < -0.39 is 17.4 Å². The smallest absolute Gasteiger partial charge is 0.410 e. The molecule has 0 saturated carbocycles. The summed E-state index contributed by atoms with van der Waals surface area (Å²) in [6.07, 6.45) is 1.95. The topological polar surface area (TPSA) is 64.5 Å². The molecule has 1 atom stereocenters. The first kappa shape index (κ1) is 19.6. The molecule has 1 saturated heterocycles. The van der Waals surface area contributed by atoms with E-state index in [2.05, 4.69) is 9.97 Å². The number of alkyl halides is 1. The molecule has 1 aliphatic rings. The Labute approximate surface area is 162 Å². The lowest BCUT2D eigenvalue weighted by atomic mass is 9.96. The molecule has 0 bridgehead atoms. The van der Waals surface area contributed by atoms with Crippen molar-refractivity contribution in [1.82, 2.24) is 14.9 Å². The van der Waals surface area contributed by atoms with Crippen molar-refractivity contribution in [2.24, 2.45) is 0 Å². The molecule has 0 spiro atoms. The first-order chi connectivity index (χ1) is 12.7. The molecule has 0 radical (unpaired) electrons. The van der Waals surface area contributed by atoms with E-state index in [-0.39, 0.29) is 24.2 Å². The molecule has 3 heterocycles. The lowest BCUT2D eigenvalue weighted by Gasteiger charge is -2.37. The molecule has 6 nitrogen and oxygen atoms in total. The minimum Gasteiger partial charge on any atom is -0.474 e. The first-order valence-corrected chi connectivity index (χ1v) is 9.24. The van der Waals surface area contributed by atoms with Crippen molar-refractivity contribution in [1.29, 1.82) is 0 Å². The Morgan fingerprint density at radius 1 is 1.44 bits per heavy atom. The second kappa shape index (κ2) is 7.46. The molecule has 0 aromatic carbocycles. The van der Waals surface area contributed by atoms with E-state index in [9.17, 15) is 4.79 Å². The molecule has 2 aromatic rings. The number of aromatic nitrogens is 2. The summed E-state index contributed by atoms with van der Waals surface area (Å²) >= 11 is 6.01. The Morgan fingerprint density at radius 2 is 2.22 bits per heavy atom. The number of halogens is 2. The van der Waals surface area contributed by atoms with Crippen LogP contribution in [0.2, 0.25) is 5.15 Å². The van der Waals surface area contributed by atoms with Crippen LogP contribution in [0.1, 0.15) is 33.6 Å². The molecule has 1 aliphatic heterocycles. The van der Waals surface area contributed by atoms with Crippen LogP contribution in [-0.4, -0.2) is 51.9 Å². The highest BCUT2D eigenvalue weighted by atomic mass is 35.5. The van der Waals surface area contributed by atoms with Crippen molar-refractivity contribution >= 4 is 28.6 Å². The zero-order valence-electron chi connectivity index (χ0n) is 15.7. The summed E-state index contributed by atoms with van der Waals surface area (Å²) in [6, 6.07) is 5.17. The zero-order valence-corrected chi connectivity index (χ0v) is 16.4. The standard InChI is InChI=1S/C19H23ClFN3O3/c1-18(2,3)27-17(25)24-9-5-7-19(21,11-24)12-26-16-13-6-4-8-22-14(13)10-15(20)23-16/h4,6,8,10H,5,7,9,11-12H2,1-3H3/t19-/m0/s1. The molecule has 146 valence electrons. The number of hydrogen-bond donors (Lipinski definition) is 0. The number of hydrogen-bond acceptors (Lipinski definition) is 5. The zero-order chi connectivity index (χ0) is 19.7. The van der Waals surface area contributed by atoms with Gasteiger partial charge in [0.05, 0.1) is 17.4 Å². The van der Waals surface area contributed by atoms with Gasteiger partial charge in [-0.2, -0.15) is 0 Å². The van der Waals surface area contributed by atoms with Gasteiger partial charge in [0.25, 0.3) is 0 Å². The number of rotatable bonds is 3. The third-order valence-electron chi connectivity index (χ3n) is 4.18. The predicted octanol–water partition coefficient (Wildman–Crippen LogP) is 4.40. The van der Waals surface area contributed by atoms with Gasteiger partial charge in [0.2, 0.25) is 5.88 Å². The lowest BCUT2D eigenvalue weighted by molar-refractivity contribution is -0.0194. The molecular weight excluding hydrogens is 373 g/mol. The van der Waals surface area contributed by atoms with E-state index in [1.807, 2.05) is 0 Å². The van der Waals surface area contributed by atoms with Crippen LogP contribution in [0.3, 0.4) is 0 Å². The van der Waals surface area contributed by atoms with Crippen LogP contribution in [0.25, 0.3) is 10.9 Å². The Bertz CT molecular complexity index is 843. The third kappa shape index (κ3) is 4.97. The number of amides is 1. The van der Waals surface area contributed by atoms with E-state index in [0.717, 1.165) is 0 Å². The first-order valence-electron chi connectivity index (χ1n) is 8.86. The van der Waals surface area contributed by atoms with Crippen LogP contribution >= 0.6 is 11.6 Å². The fourth-order valence-electron chi connectivity index (χ4n) is 3.01. The largest absolute Gasteiger partial charge is 0.474 e. The van der Waals surface area contributed by atoms with E-state index in [1.54, 1.807) is 45.2 Å². The minimum absolute atomic E-state index is 0.0847. The van der Waals surface area contributed by atoms with Gasteiger partial charge in [-0.15, -0.1) is 0 Å². The van der Waals surface area contributed by atoms with Crippen molar-refractivity contribution in [3.63, 3.8) is 0 Å². The van der Waals surface area contributed by atoms with Gasteiger partial charge in [0.1, 0.15) is 17.4 Å². The molecule has 1 amide bonds. The van der Waals surface area contributed by atoms with E-state index in [1.165, 1.54) is 4.90 Å². The number of pyridine rings is 2. The van der Waals surface area contributed by atoms with Crippen molar-refractivity contribution < 1.29 is 18.7 Å². The summed E-state index contributed by atoms with van der Waals surface area (Å²) in [5, 5.41) is 0.883. The summed E-state index contributed by atoms with van der Waals surface area (Å²) in [5.74, 6) is 0.233. The lowest BCUT2D eigenvalue weighted by Crippen LogP contribution is -2.51. The number of fused-ring (bicyclic) bond motifs is 1. The minimum atomic E-state index is -1.69. The van der Waals surface area contributed by atoms with Crippen LogP contribution in [0.15, 0.2) is 24.4 Å². The summed E-state index contributed by atoms with van der Waals surface area (Å²) in [6.45, 7) is 5.49. The Kier molecular flexibility index (Phi) is 5.42. The number of piperidine rings is 1. The molecule has 0 N–H and O–H groups in total. The van der Waals surface area contributed by atoms with Gasteiger partial charge in [-0.25, -0.2) is 14.2 Å². The van der Waals surface area contributed by atoms with Crippen molar-refractivity contribution in [2.45, 2.75) is 44.9 Å². The van der Waals surface area contributed by atoms with Crippen molar-refractivity contribution in [3.05, 3.63) is 29.5 Å². The molecule has 27 heavy (non-hydrogen) atoms. The van der Waals surface area contributed by atoms with Crippen molar-refractivity contribution in [2.75, 3.05) is 19.7 Å². The predicted molar refractivity (Wildman–Crippen MR) is 101 cm³/mol. The number of nitrogens with zero attached hydrogens (tertiary/aromatic N) is 3. The molecular formula is C19H23ClFN3O3. The van der Waals surface area contributed by atoms with E-state index in [0.29, 0.717) is 30.3 Å². The average Bonchev–Trinajstić information content (AvgIpc) is 2.58. The maximum Gasteiger partial charge on any atom is 0.410 e. The third-order valence-corrected chi connectivity index (χ3v) is 4.37. The van der Waals surface area contributed by atoms with Gasteiger partial charge >= 0.3 is 6.09 Å². The van der Waals surface area contributed by atoms with Gasteiger partial charge in [-0.3, -0.25) is 4.98 Å². The van der Waals surface area contributed by atoms with E-state index in [4.69, 9.17) is 21.1 Å². The Morgan fingerprint density at radius 3 is 2.96 bits per heavy atom. The molecule has 8 heteroatoms. The molecule has 1 fully saturated rings. The molecule has 3 rings (SSSR count). The van der Waals surface area contributed by atoms with Gasteiger partial charge in [0.15, 0.2) is 5.67 Å². The summed E-state index contributed by atoms with van der Waals surface area (Å²) in [7, 11) is 0. The summed E-state index contributed by atoms with van der Waals surface area (Å²) < 4.78 is 26.4. The maximum absolute atomic E-state index is 15.4. The second-order valence-electron chi connectivity index (χ2n) is 7.77.